The van der Waals surface area contributed by atoms with Crippen LogP contribution >= 0.6 is 0 Å². The first-order valence-corrected chi connectivity index (χ1v) is 3.89. The van der Waals surface area contributed by atoms with E-state index in [4.69, 9.17) is 9.47 Å². The van der Waals surface area contributed by atoms with Crippen molar-refractivity contribution < 1.29 is 14.3 Å². The van der Waals surface area contributed by atoms with Crippen LogP contribution in [0, 0.1) is 5.92 Å². The number of carbonyl (C=O) groups is 1. The number of rotatable bonds is 2. The van der Waals surface area contributed by atoms with E-state index in [1.165, 1.54) is 0 Å². The first-order valence-electron chi connectivity index (χ1n) is 3.89. The Morgan fingerprint density at radius 1 is 1.67 bits per heavy atom. The van der Waals surface area contributed by atoms with Crippen LogP contribution in [0.25, 0.3) is 0 Å². The highest BCUT2D eigenvalue weighted by Gasteiger charge is 2.11. The van der Waals surface area contributed by atoms with E-state index in [0.717, 1.165) is 0 Å². The fourth-order valence-electron chi connectivity index (χ4n) is 0.691. The van der Waals surface area contributed by atoms with Crippen LogP contribution in [-0.2, 0) is 14.3 Å². The topological polar surface area (TPSA) is 35.5 Å². The van der Waals surface area contributed by atoms with Gasteiger partial charge in [-0.2, -0.15) is 0 Å². The van der Waals surface area contributed by atoms with Gasteiger partial charge in [0.05, 0.1) is 12.2 Å². The van der Waals surface area contributed by atoms with Crippen molar-refractivity contribution >= 4 is 5.97 Å². The molecule has 0 saturated heterocycles. The monoisotopic (exact) mass is 168 g/mol. The molecule has 0 bridgehead atoms. The van der Waals surface area contributed by atoms with Gasteiger partial charge in [0.1, 0.15) is 12.4 Å². The van der Waals surface area contributed by atoms with Crippen molar-refractivity contribution in [3.05, 3.63) is 24.2 Å². The van der Waals surface area contributed by atoms with E-state index >= 15 is 0 Å². The Kier molecular flexibility index (Phi) is 2.91. The number of hydrogen-bond acceptors (Lipinski definition) is 3. The number of ether oxygens (including phenoxy) is 2. The third-order valence-corrected chi connectivity index (χ3v) is 1.39. The molecule has 0 atom stereocenters. The van der Waals surface area contributed by atoms with Gasteiger partial charge in [0.15, 0.2) is 0 Å². The van der Waals surface area contributed by atoms with Crippen LogP contribution in [0.2, 0.25) is 0 Å². The summed E-state index contributed by atoms with van der Waals surface area (Å²) < 4.78 is 9.94. The average Bonchev–Trinajstić information content (AvgIpc) is 2.06. The van der Waals surface area contributed by atoms with Gasteiger partial charge in [-0.05, 0) is 12.2 Å². The van der Waals surface area contributed by atoms with E-state index in [1.54, 1.807) is 32.3 Å². The summed E-state index contributed by atoms with van der Waals surface area (Å²) in [4.78, 5) is 11.1. The third-order valence-electron chi connectivity index (χ3n) is 1.39. The predicted molar refractivity (Wildman–Crippen MR) is 44.1 cm³/mol. The Hall–Kier alpha value is -1.25. The Bertz CT molecular complexity index is 226. The number of esters is 1. The van der Waals surface area contributed by atoms with Crippen LogP contribution in [-0.4, -0.2) is 12.6 Å². The molecule has 0 amide bonds. The summed E-state index contributed by atoms with van der Waals surface area (Å²) in [6.45, 7) is 3.93. The second-order valence-electron chi connectivity index (χ2n) is 2.85. The van der Waals surface area contributed by atoms with Crippen molar-refractivity contribution in [1.82, 2.24) is 0 Å². The molecule has 1 aliphatic rings. The van der Waals surface area contributed by atoms with Gasteiger partial charge in [0.2, 0.25) is 0 Å². The highest BCUT2D eigenvalue weighted by atomic mass is 16.6. The van der Waals surface area contributed by atoms with Crippen molar-refractivity contribution in [3.63, 3.8) is 0 Å². The maximum absolute atomic E-state index is 11.1. The molecule has 12 heavy (non-hydrogen) atoms. The van der Waals surface area contributed by atoms with E-state index in [-0.39, 0.29) is 11.9 Å². The molecule has 1 rings (SSSR count). The normalized spacial score (nSPS) is 15.4. The van der Waals surface area contributed by atoms with Gasteiger partial charge in [-0.1, -0.05) is 13.8 Å². The molecule has 3 heteroatoms. The molecule has 3 nitrogen and oxygen atoms in total. The summed E-state index contributed by atoms with van der Waals surface area (Å²) in [5.41, 5.74) is 0. The van der Waals surface area contributed by atoms with Crippen molar-refractivity contribution in [2.75, 3.05) is 6.61 Å². The van der Waals surface area contributed by atoms with Gasteiger partial charge in [-0.15, -0.1) is 0 Å². The summed E-state index contributed by atoms with van der Waals surface area (Å²) in [6, 6.07) is 0. The van der Waals surface area contributed by atoms with Crippen molar-refractivity contribution in [1.29, 1.82) is 0 Å². The minimum absolute atomic E-state index is 0.100. The highest BCUT2D eigenvalue weighted by Crippen LogP contribution is 2.08. The highest BCUT2D eigenvalue weighted by molar-refractivity contribution is 5.72. The molecular formula is C9H12O3. The predicted octanol–water partition coefficient (Wildman–Crippen LogP) is 1.61. The lowest BCUT2D eigenvalue weighted by Gasteiger charge is -2.11. The van der Waals surface area contributed by atoms with Crippen LogP contribution in [0.4, 0.5) is 0 Å². The molecule has 66 valence electrons. The molecule has 0 aromatic heterocycles. The molecule has 1 heterocycles. The summed E-state index contributed by atoms with van der Waals surface area (Å²) >= 11 is 0. The van der Waals surface area contributed by atoms with Crippen LogP contribution in [0.3, 0.4) is 0 Å². The molecule has 1 aliphatic heterocycles. The largest absolute Gasteiger partial charge is 0.493 e. The standard InChI is InChI=1S/C9H12O3/c1-7(2)9(10)12-8-4-3-5-11-6-8/h3-5,7H,6H2,1-2H3. The molecule has 0 spiro atoms. The zero-order valence-corrected chi connectivity index (χ0v) is 7.24. The zero-order valence-electron chi connectivity index (χ0n) is 7.24. The van der Waals surface area contributed by atoms with E-state index in [9.17, 15) is 4.79 Å². The van der Waals surface area contributed by atoms with Crippen molar-refractivity contribution in [2.24, 2.45) is 5.92 Å². The minimum atomic E-state index is -0.222. The van der Waals surface area contributed by atoms with Crippen LogP contribution in [0.1, 0.15) is 13.8 Å². The third kappa shape index (κ3) is 2.42. The van der Waals surface area contributed by atoms with Crippen LogP contribution < -0.4 is 0 Å². The SMILES string of the molecule is CC(C)C(=O)OC1=CC=COC1. The van der Waals surface area contributed by atoms with Crippen LogP contribution in [0.15, 0.2) is 24.2 Å². The molecular weight excluding hydrogens is 156 g/mol. The first-order chi connectivity index (χ1) is 5.70. The number of carbonyl (C=O) groups excluding carboxylic acids is 1. The number of allylic oxidation sites excluding steroid dienone is 2. The Morgan fingerprint density at radius 3 is 2.92 bits per heavy atom. The van der Waals surface area contributed by atoms with E-state index in [0.29, 0.717) is 12.4 Å². The van der Waals surface area contributed by atoms with E-state index in [1.807, 2.05) is 0 Å². The molecule has 0 N–H and O–H groups in total. The van der Waals surface area contributed by atoms with Gasteiger partial charge in [-0.25, -0.2) is 0 Å². The van der Waals surface area contributed by atoms with Gasteiger partial charge in [0, 0.05) is 0 Å². The lowest BCUT2D eigenvalue weighted by molar-refractivity contribution is -0.143. The van der Waals surface area contributed by atoms with Gasteiger partial charge in [-0.3, -0.25) is 4.79 Å². The smallest absolute Gasteiger partial charge is 0.313 e. The Balaban J connectivity index is 2.45. The fourth-order valence-corrected chi connectivity index (χ4v) is 0.691. The summed E-state index contributed by atoms with van der Waals surface area (Å²) in [6.07, 6.45) is 4.99. The minimum Gasteiger partial charge on any atom is -0.493 e. The Morgan fingerprint density at radius 2 is 2.42 bits per heavy atom. The van der Waals surface area contributed by atoms with E-state index in [2.05, 4.69) is 0 Å². The summed E-state index contributed by atoms with van der Waals surface area (Å²) in [5.74, 6) is 0.244. The number of hydrogen-bond donors (Lipinski definition) is 0. The van der Waals surface area contributed by atoms with Crippen molar-refractivity contribution in [3.8, 4) is 0 Å². The second-order valence-corrected chi connectivity index (χ2v) is 2.85. The first kappa shape index (κ1) is 8.84. The lowest BCUT2D eigenvalue weighted by atomic mass is 10.2. The van der Waals surface area contributed by atoms with Crippen LogP contribution in [0.5, 0.6) is 0 Å². The molecule has 0 aliphatic carbocycles. The molecule has 0 fully saturated rings. The quantitative estimate of drug-likeness (QED) is 0.587. The van der Waals surface area contributed by atoms with Gasteiger partial charge < -0.3 is 9.47 Å². The zero-order chi connectivity index (χ0) is 8.97. The second kappa shape index (κ2) is 3.95. The molecule has 0 radical (unpaired) electrons. The Labute approximate surface area is 71.7 Å². The molecule has 0 aromatic carbocycles. The van der Waals surface area contributed by atoms with Gasteiger partial charge >= 0.3 is 5.97 Å². The van der Waals surface area contributed by atoms with Gasteiger partial charge in [0.25, 0.3) is 0 Å². The average molecular weight is 168 g/mol. The van der Waals surface area contributed by atoms with E-state index < -0.39 is 0 Å². The fraction of sp³-hybridized carbons (Fsp3) is 0.444. The lowest BCUT2D eigenvalue weighted by Crippen LogP contribution is -2.14. The molecule has 0 unspecified atom stereocenters. The summed E-state index contributed by atoms with van der Waals surface area (Å²) in [7, 11) is 0. The molecule has 0 aromatic rings. The summed E-state index contributed by atoms with van der Waals surface area (Å²) in [5, 5.41) is 0. The molecule has 0 saturated carbocycles. The van der Waals surface area contributed by atoms with Crippen molar-refractivity contribution in [2.45, 2.75) is 13.8 Å². The maximum atomic E-state index is 11.1. The maximum Gasteiger partial charge on any atom is 0.313 e.